The SMILES string of the molecule is CC(O)Cc1c(-c2cccc(F)c2)ncn1Cc1cccc(O)c1. The second-order valence-corrected chi connectivity index (χ2v) is 5.90. The van der Waals surface area contributed by atoms with E-state index in [-0.39, 0.29) is 11.6 Å². The highest BCUT2D eigenvalue weighted by Crippen LogP contribution is 2.25. The molecular formula is C19H19FN2O2. The number of aromatic hydroxyl groups is 1. The minimum atomic E-state index is -0.545. The third kappa shape index (κ3) is 3.63. The van der Waals surface area contributed by atoms with Crippen LogP contribution in [0.25, 0.3) is 11.3 Å². The number of phenolic OH excluding ortho intramolecular Hbond substituents is 1. The lowest BCUT2D eigenvalue weighted by Gasteiger charge is -2.12. The molecule has 0 saturated carbocycles. The summed E-state index contributed by atoms with van der Waals surface area (Å²) in [6.45, 7) is 2.22. The predicted molar refractivity (Wildman–Crippen MR) is 90.2 cm³/mol. The normalized spacial score (nSPS) is 12.3. The third-order valence-electron chi connectivity index (χ3n) is 3.80. The number of halogens is 1. The largest absolute Gasteiger partial charge is 0.508 e. The molecule has 0 aliphatic heterocycles. The summed E-state index contributed by atoms with van der Waals surface area (Å²) < 4.78 is 15.5. The van der Waals surface area contributed by atoms with Crippen LogP contribution in [0.4, 0.5) is 4.39 Å². The van der Waals surface area contributed by atoms with Gasteiger partial charge in [-0.2, -0.15) is 0 Å². The van der Waals surface area contributed by atoms with Gasteiger partial charge in [0.1, 0.15) is 11.6 Å². The standard InChI is InChI=1S/C19H19FN2O2/c1-13(23)8-18-19(15-5-3-6-16(20)10-15)21-12-22(18)11-14-4-2-7-17(24)9-14/h2-7,9-10,12-13,23-24H,8,11H2,1H3. The molecule has 1 atom stereocenters. The van der Waals surface area contributed by atoms with E-state index in [2.05, 4.69) is 4.98 Å². The Labute approximate surface area is 139 Å². The average molecular weight is 326 g/mol. The molecule has 1 aromatic heterocycles. The quantitative estimate of drug-likeness (QED) is 0.756. The summed E-state index contributed by atoms with van der Waals surface area (Å²) in [6.07, 6.45) is 1.55. The number of aromatic nitrogens is 2. The molecule has 0 radical (unpaired) electrons. The lowest BCUT2D eigenvalue weighted by molar-refractivity contribution is 0.193. The monoisotopic (exact) mass is 326 g/mol. The molecule has 3 rings (SSSR count). The van der Waals surface area contributed by atoms with Gasteiger partial charge in [-0.15, -0.1) is 0 Å². The van der Waals surface area contributed by atoms with Crippen molar-refractivity contribution in [3.8, 4) is 17.0 Å². The van der Waals surface area contributed by atoms with Crippen LogP contribution < -0.4 is 0 Å². The van der Waals surface area contributed by atoms with Crippen molar-refractivity contribution >= 4 is 0 Å². The zero-order chi connectivity index (χ0) is 17.1. The van der Waals surface area contributed by atoms with Gasteiger partial charge in [0.2, 0.25) is 0 Å². The van der Waals surface area contributed by atoms with Crippen molar-refractivity contribution in [1.29, 1.82) is 0 Å². The number of benzene rings is 2. The highest BCUT2D eigenvalue weighted by molar-refractivity contribution is 5.62. The Bertz CT molecular complexity index is 843. The number of aliphatic hydroxyl groups excluding tert-OH is 1. The molecule has 24 heavy (non-hydrogen) atoms. The zero-order valence-electron chi connectivity index (χ0n) is 13.4. The van der Waals surface area contributed by atoms with Gasteiger partial charge in [0.05, 0.1) is 18.1 Å². The predicted octanol–water partition coefficient (Wildman–Crippen LogP) is 3.37. The Hall–Kier alpha value is -2.66. The minimum absolute atomic E-state index is 0.204. The smallest absolute Gasteiger partial charge is 0.123 e. The molecular weight excluding hydrogens is 307 g/mol. The molecule has 0 fully saturated rings. The van der Waals surface area contributed by atoms with Crippen LogP contribution in [-0.4, -0.2) is 25.9 Å². The number of aliphatic hydroxyl groups is 1. The molecule has 0 amide bonds. The maximum atomic E-state index is 13.5. The summed E-state index contributed by atoms with van der Waals surface area (Å²) >= 11 is 0. The van der Waals surface area contributed by atoms with Crippen molar-refractivity contribution in [2.75, 3.05) is 0 Å². The van der Waals surface area contributed by atoms with Gasteiger partial charge in [-0.3, -0.25) is 0 Å². The Kier molecular flexibility index (Phi) is 4.62. The van der Waals surface area contributed by atoms with Crippen LogP contribution in [0.5, 0.6) is 5.75 Å². The number of rotatable bonds is 5. The van der Waals surface area contributed by atoms with E-state index in [1.54, 1.807) is 43.6 Å². The molecule has 3 aromatic rings. The van der Waals surface area contributed by atoms with E-state index >= 15 is 0 Å². The van der Waals surface area contributed by atoms with Crippen LogP contribution in [0.3, 0.4) is 0 Å². The second-order valence-electron chi connectivity index (χ2n) is 5.90. The van der Waals surface area contributed by atoms with E-state index in [4.69, 9.17) is 0 Å². The second kappa shape index (κ2) is 6.84. The van der Waals surface area contributed by atoms with Crippen LogP contribution in [0.2, 0.25) is 0 Å². The lowest BCUT2D eigenvalue weighted by atomic mass is 10.1. The average Bonchev–Trinajstić information content (AvgIpc) is 2.89. The fourth-order valence-electron chi connectivity index (χ4n) is 2.77. The van der Waals surface area contributed by atoms with Crippen LogP contribution in [0.1, 0.15) is 18.2 Å². The number of nitrogens with zero attached hydrogens (tertiary/aromatic N) is 2. The van der Waals surface area contributed by atoms with Crippen molar-refractivity contribution in [2.24, 2.45) is 0 Å². The number of imidazole rings is 1. The summed E-state index contributed by atoms with van der Waals surface area (Å²) in [5.41, 5.74) is 3.10. The van der Waals surface area contributed by atoms with E-state index in [0.717, 1.165) is 11.3 Å². The molecule has 5 heteroatoms. The van der Waals surface area contributed by atoms with Gasteiger partial charge in [0, 0.05) is 24.2 Å². The first-order chi connectivity index (χ1) is 11.5. The molecule has 4 nitrogen and oxygen atoms in total. The Balaban J connectivity index is 2.00. The highest BCUT2D eigenvalue weighted by Gasteiger charge is 2.15. The number of phenols is 1. The Morgan fingerprint density at radius 3 is 2.67 bits per heavy atom. The van der Waals surface area contributed by atoms with Gasteiger partial charge in [-0.1, -0.05) is 24.3 Å². The van der Waals surface area contributed by atoms with Crippen LogP contribution >= 0.6 is 0 Å². The van der Waals surface area contributed by atoms with Crippen molar-refractivity contribution in [3.63, 3.8) is 0 Å². The first kappa shape index (κ1) is 16.2. The molecule has 0 bridgehead atoms. The van der Waals surface area contributed by atoms with Gasteiger partial charge in [0.25, 0.3) is 0 Å². The molecule has 0 saturated heterocycles. The van der Waals surface area contributed by atoms with Gasteiger partial charge in [0.15, 0.2) is 0 Å². The molecule has 2 aromatic carbocycles. The van der Waals surface area contributed by atoms with Crippen molar-refractivity contribution < 1.29 is 14.6 Å². The van der Waals surface area contributed by atoms with Crippen LogP contribution in [0, 0.1) is 5.82 Å². The Morgan fingerprint density at radius 2 is 1.96 bits per heavy atom. The van der Waals surface area contributed by atoms with Crippen molar-refractivity contribution in [3.05, 3.63) is 71.9 Å². The molecule has 0 spiro atoms. The minimum Gasteiger partial charge on any atom is -0.508 e. The molecule has 0 aliphatic carbocycles. The summed E-state index contributed by atoms with van der Waals surface area (Å²) in [5, 5.41) is 19.4. The van der Waals surface area contributed by atoms with E-state index in [1.165, 1.54) is 12.1 Å². The maximum absolute atomic E-state index is 13.5. The first-order valence-corrected chi connectivity index (χ1v) is 7.79. The molecule has 1 unspecified atom stereocenters. The molecule has 2 N–H and O–H groups in total. The van der Waals surface area contributed by atoms with Gasteiger partial charge < -0.3 is 14.8 Å². The first-order valence-electron chi connectivity index (χ1n) is 7.79. The van der Waals surface area contributed by atoms with E-state index in [1.807, 2.05) is 10.6 Å². The fourth-order valence-corrected chi connectivity index (χ4v) is 2.77. The van der Waals surface area contributed by atoms with E-state index < -0.39 is 6.10 Å². The van der Waals surface area contributed by atoms with Gasteiger partial charge >= 0.3 is 0 Å². The summed E-state index contributed by atoms with van der Waals surface area (Å²) in [5.74, 6) is -0.118. The Morgan fingerprint density at radius 1 is 1.17 bits per heavy atom. The molecule has 124 valence electrons. The number of hydrogen-bond acceptors (Lipinski definition) is 3. The molecule has 1 heterocycles. The summed E-state index contributed by atoms with van der Waals surface area (Å²) in [6, 6.07) is 13.3. The van der Waals surface area contributed by atoms with Crippen molar-refractivity contribution in [1.82, 2.24) is 9.55 Å². The molecule has 0 aliphatic rings. The van der Waals surface area contributed by atoms with Crippen LogP contribution in [0.15, 0.2) is 54.9 Å². The van der Waals surface area contributed by atoms with E-state index in [0.29, 0.717) is 24.2 Å². The van der Waals surface area contributed by atoms with Gasteiger partial charge in [-0.05, 0) is 36.8 Å². The topological polar surface area (TPSA) is 58.3 Å². The number of hydrogen-bond donors (Lipinski definition) is 2. The maximum Gasteiger partial charge on any atom is 0.123 e. The third-order valence-corrected chi connectivity index (χ3v) is 3.80. The summed E-state index contributed by atoms with van der Waals surface area (Å²) in [7, 11) is 0. The van der Waals surface area contributed by atoms with Crippen LogP contribution in [-0.2, 0) is 13.0 Å². The zero-order valence-corrected chi connectivity index (χ0v) is 13.4. The van der Waals surface area contributed by atoms with Crippen molar-refractivity contribution in [2.45, 2.75) is 26.0 Å². The van der Waals surface area contributed by atoms with Gasteiger partial charge in [-0.25, -0.2) is 9.37 Å². The lowest BCUT2D eigenvalue weighted by Crippen LogP contribution is -2.11. The summed E-state index contributed by atoms with van der Waals surface area (Å²) in [4.78, 5) is 4.42. The highest BCUT2D eigenvalue weighted by atomic mass is 19.1. The fraction of sp³-hybridized carbons (Fsp3) is 0.211. The van der Waals surface area contributed by atoms with E-state index in [9.17, 15) is 14.6 Å².